The Kier molecular flexibility index (Phi) is 14.6. The van der Waals surface area contributed by atoms with Crippen molar-refractivity contribution in [2.45, 2.75) is 64.1 Å². The molecule has 1 aliphatic carbocycles. The zero-order valence-corrected chi connectivity index (χ0v) is 30.1. The average Bonchev–Trinajstić information content (AvgIpc) is 3.38. The molecule has 21 heteroatoms. The molecule has 1 fully saturated rings. The average molecular weight is 783 g/mol. The first kappa shape index (κ1) is 43.2. The predicted octanol–water partition coefficient (Wildman–Crippen LogP) is -2.03. The van der Waals surface area contributed by atoms with Crippen LogP contribution in [0, 0.1) is 11.3 Å². The predicted molar refractivity (Wildman–Crippen MR) is 185 cm³/mol. The lowest BCUT2D eigenvalue weighted by Crippen LogP contribution is -2.57. The van der Waals surface area contributed by atoms with Gasteiger partial charge < -0.3 is 45.9 Å². The van der Waals surface area contributed by atoms with Crippen molar-refractivity contribution in [3.8, 4) is 5.75 Å². The van der Waals surface area contributed by atoms with Crippen molar-refractivity contribution >= 4 is 63.4 Å². The van der Waals surface area contributed by atoms with E-state index in [1.807, 2.05) is 5.32 Å². The lowest BCUT2D eigenvalue weighted by Gasteiger charge is -2.38. The fraction of sp³-hybridized carbons (Fsp3) is 0.485. The molecule has 0 unspecified atom stereocenters. The number of aliphatic hydroxyl groups is 3. The first-order valence-corrected chi connectivity index (χ1v) is 18.0. The van der Waals surface area contributed by atoms with E-state index >= 15 is 0 Å². The minimum atomic E-state index is -4.84. The molecule has 5 amide bonds. The number of esters is 1. The second kappa shape index (κ2) is 18.2. The fourth-order valence-corrected chi connectivity index (χ4v) is 5.75. The molecule has 8 N–H and O–H groups in total. The molecular weight excluding hydrogens is 740 g/mol. The lowest BCUT2D eigenvalue weighted by atomic mass is 9.80. The summed E-state index contributed by atoms with van der Waals surface area (Å²) in [5.41, 5.74) is -0.328. The Bertz CT molecular complexity index is 1790. The van der Waals surface area contributed by atoms with Crippen LogP contribution in [0.3, 0.4) is 0 Å². The van der Waals surface area contributed by atoms with Crippen LogP contribution in [-0.2, 0) is 48.4 Å². The van der Waals surface area contributed by atoms with Crippen LogP contribution in [0.25, 0.3) is 6.08 Å². The maximum atomic E-state index is 13.0. The number of rotatable bonds is 16. The lowest BCUT2D eigenvalue weighted by molar-refractivity contribution is -0.174. The smallest absolute Gasteiger partial charge is 0.311 e. The molecule has 1 aromatic carbocycles. The molecule has 0 bridgehead atoms. The van der Waals surface area contributed by atoms with E-state index in [-0.39, 0.29) is 18.0 Å². The van der Waals surface area contributed by atoms with Crippen LogP contribution in [0.2, 0.25) is 0 Å². The highest BCUT2D eigenvalue weighted by Crippen LogP contribution is 2.33. The molecule has 54 heavy (non-hydrogen) atoms. The molecule has 6 atom stereocenters. The Morgan fingerprint density at radius 2 is 1.65 bits per heavy atom. The van der Waals surface area contributed by atoms with Crippen molar-refractivity contribution in [1.82, 2.24) is 15.5 Å². The van der Waals surface area contributed by atoms with E-state index in [9.17, 15) is 67.0 Å². The molecule has 2 aliphatic rings. The molecule has 0 saturated heterocycles. The van der Waals surface area contributed by atoms with Gasteiger partial charge in [-0.1, -0.05) is 12.1 Å². The van der Waals surface area contributed by atoms with E-state index in [1.54, 1.807) is 26.8 Å². The summed E-state index contributed by atoms with van der Waals surface area (Å²) in [6, 6.07) is 2.39. The number of carboxylic acids is 1. The molecule has 1 saturated carbocycles. The van der Waals surface area contributed by atoms with Crippen LogP contribution in [0.4, 0.5) is 5.69 Å². The van der Waals surface area contributed by atoms with Gasteiger partial charge in [0.05, 0.1) is 23.1 Å². The van der Waals surface area contributed by atoms with E-state index < -0.39 is 125 Å². The largest absolute Gasteiger partial charge is 0.485 e. The zero-order valence-electron chi connectivity index (χ0n) is 29.3. The summed E-state index contributed by atoms with van der Waals surface area (Å²) in [6.45, 7) is 3.65. The van der Waals surface area contributed by atoms with Crippen LogP contribution in [0.15, 0.2) is 36.4 Å². The Hall–Kier alpha value is -5.22. The summed E-state index contributed by atoms with van der Waals surface area (Å²) < 4.78 is 43.4. The van der Waals surface area contributed by atoms with Gasteiger partial charge in [-0.2, -0.15) is 8.42 Å². The summed E-state index contributed by atoms with van der Waals surface area (Å²) in [5.74, 6) is -9.41. The number of nitrogens with one attached hydrogen (secondary N) is 3. The normalized spacial score (nSPS) is 22.1. The SMILES string of the molecule is CC(C)(C)C(=O)OC/C=C/c1ccc(O[C@@H]2C[C@H](C(=O)O)[C@@H](O)[C@H](O)[C@H]2O)c(NC(=O)CCNC(=O)[C@H](CS(=O)(=O)O)NC(=O)CN2C(=O)C=CC2=O)c1. The van der Waals surface area contributed by atoms with Gasteiger partial charge in [0.15, 0.2) is 0 Å². The van der Waals surface area contributed by atoms with Gasteiger partial charge in [0.1, 0.15) is 49.0 Å². The highest BCUT2D eigenvalue weighted by molar-refractivity contribution is 7.85. The Morgan fingerprint density at radius 1 is 1.00 bits per heavy atom. The summed E-state index contributed by atoms with van der Waals surface area (Å²) in [7, 11) is -4.84. The molecular formula is C33H42N4O16S. The van der Waals surface area contributed by atoms with Crippen LogP contribution < -0.4 is 20.7 Å². The monoisotopic (exact) mass is 782 g/mol. The van der Waals surface area contributed by atoms with Gasteiger partial charge in [-0.25, -0.2) is 0 Å². The summed E-state index contributed by atoms with van der Waals surface area (Å²) in [5, 5.41) is 47.2. The molecule has 0 aromatic heterocycles. The van der Waals surface area contributed by atoms with Crippen LogP contribution in [0.1, 0.15) is 39.2 Å². The Balaban J connectivity index is 1.73. The minimum Gasteiger partial charge on any atom is -0.485 e. The molecule has 1 heterocycles. The van der Waals surface area contributed by atoms with Gasteiger partial charge in [0.25, 0.3) is 21.9 Å². The van der Waals surface area contributed by atoms with Gasteiger partial charge in [-0.15, -0.1) is 0 Å². The van der Waals surface area contributed by atoms with E-state index in [0.29, 0.717) is 10.5 Å². The number of ether oxygens (including phenoxy) is 2. The van der Waals surface area contributed by atoms with Crippen LogP contribution >= 0.6 is 0 Å². The van der Waals surface area contributed by atoms with Gasteiger partial charge in [0, 0.05) is 31.5 Å². The van der Waals surface area contributed by atoms with Crippen molar-refractivity contribution in [1.29, 1.82) is 0 Å². The number of hydrogen-bond acceptors (Lipinski definition) is 14. The molecule has 3 rings (SSSR count). The molecule has 20 nitrogen and oxygen atoms in total. The van der Waals surface area contributed by atoms with Gasteiger partial charge >= 0.3 is 11.9 Å². The van der Waals surface area contributed by atoms with Crippen molar-refractivity contribution in [3.05, 3.63) is 42.0 Å². The Labute approximate surface area is 308 Å². The van der Waals surface area contributed by atoms with Crippen molar-refractivity contribution in [2.24, 2.45) is 11.3 Å². The number of nitrogens with zero attached hydrogens (tertiary/aromatic N) is 1. The number of carbonyl (C=O) groups is 7. The number of carbonyl (C=O) groups excluding carboxylic acids is 6. The van der Waals surface area contributed by atoms with E-state index in [1.165, 1.54) is 24.3 Å². The second-order valence-electron chi connectivity index (χ2n) is 13.4. The zero-order chi connectivity index (χ0) is 40.5. The number of imide groups is 1. The number of benzene rings is 1. The highest BCUT2D eigenvalue weighted by atomic mass is 32.2. The van der Waals surface area contributed by atoms with Gasteiger partial charge in [-0.05, 0) is 44.5 Å². The van der Waals surface area contributed by atoms with E-state index in [2.05, 4.69) is 10.6 Å². The number of carboxylic acid groups (broad SMARTS) is 1. The van der Waals surface area contributed by atoms with E-state index in [0.717, 1.165) is 12.2 Å². The molecule has 296 valence electrons. The number of hydrogen-bond donors (Lipinski definition) is 8. The standard InChI is InChI=1S/C33H42N4O16S/c1-33(2,3)32(48)52-12-4-5-17-6-7-21(53-22-14-18(31(46)47)27(42)29(44)28(22)43)19(13-17)35-23(38)10-11-34-30(45)20(16-54(49,50)51)36-24(39)15-37-25(40)8-9-26(37)41/h4-9,13,18,20,22,27-29,42-44H,10-12,14-16H2,1-3H3,(H,34,45)(H,35,38)(H,36,39)(H,46,47)(H,49,50,51)/b5-4+/t18-,20-,22+,27+,28-,29-/m0/s1. The van der Waals surface area contributed by atoms with Gasteiger partial charge in [-0.3, -0.25) is 43.0 Å². The first-order valence-electron chi connectivity index (χ1n) is 16.3. The number of amides is 5. The van der Waals surface area contributed by atoms with Crippen molar-refractivity contribution in [3.63, 3.8) is 0 Å². The number of anilines is 1. The third-order valence-electron chi connectivity index (χ3n) is 7.97. The van der Waals surface area contributed by atoms with Crippen LogP contribution in [0.5, 0.6) is 5.75 Å². The van der Waals surface area contributed by atoms with E-state index in [4.69, 9.17) is 9.47 Å². The number of aliphatic hydroxyl groups excluding tert-OH is 3. The highest BCUT2D eigenvalue weighted by Gasteiger charge is 2.47. The van der Waals surface area contributed by atoms with Crippen LogP contribution in [-0.4, -0.2) is 136 Å². The molecule has 1 aliphatic heterocycles. The topological polar surface area (TPSA) is 313 Å². The van der Waals surface area contributed by atoms with Gasteiger partial charge in [0.2, 0.25) is 17.7 Å². The van der Waals surface area contributed by atoms with Crippen molar-refractivity contribution in [2.75, 3.05) is 30.8 Å². The summed E-state index contributed by atoms with van der Waals surface area (Å²) in [6.07, 6.45) is -2.76. The summed E-state index contributed by atoms with van der Waals surface area (Å²) >= 11 is 0. The molecule has 0 spiro atoms. The Morgan fingerprint density at radius 3 is 2.24 bits per heavy atom. The third kappa shape index (κ3) is 12.4. The quantitative estimate of drug-likeness (QED) is 0.0509. The third-order valence-corrected chi connectivity index (χ3v) is 8.72. The maximum absolute atomic E-state index is 13.0. The fourth-order valence-electron chi connectivity index (χ4n) is 5.09. The maximum Gasteiger partial charge on any atom is 0.311 e. The minimum absolute atomic E-state index is 0.0307. The molecule has 1 aromatic rings. The summed E-state index contributed by atoms with van der Waals surface area (Å²) in [4.78, 5) is 86.0. The number of aliphatic carboxylic acids is 1. The second-order valence-corrected chi connectivity index (χ2v) is 14.9. The molecule has 0 radical (unpaired) electrons. The first-order chi connectivity index (χ1) is 25.1. The van der Waals surface area contributed by atoms with Crippen molar-refractivity contribution < 1.29 is 76.4 Å².